The third kappa shape index (κ3) is 2.94. The highest BCUT2D eigenvalue weighted by Gasteiger charge is 2.55. The summed E-state index contributed by atoms with van der Waals surface area (Å²) in [5.74, 6) is 0.0871. The summed E-state index contributed by atoms with van der Waals surface area (Å²) in [6.07, 6.45) is 4.82. The number of benzene rings is 1. The van der Waals surface area contributed by atoms with Crippen LogP contribution in [0.3, 0.4) is 0 Å². The van der Waals surface area contributed by atoms with E-state index in [9.17, 15) is 9.18 Å². The Balaban J connectivity index is 1.22. The van der Waals surface area contributed by atoms with Crippen LogP contribution in [0.5, 0.6) is 0 Å². The zero-order valence-corrected chi connectivity index (χ0v) is 13.2. The van der Waals surface area contributed by atoms with Gasteiger partial charge >= 0.3 is 6.03 Å². The van der Waals surface area contributed by atoms with Crippen molar-refractivity contribution in [1.82, 2.24) is 10.6 Å². The monoisotopic (exact) mass is 318 g/mol. The molecule has 3 fully saturated rings. The van der Waals surface area contributed by atoms with E-state index in [0.717, 1.165) is 50.9 Å². The number of carbonyl (C=O) groups is 1. The van der Waals surface area contributed by atoms with Gasteiger partial charge in [0.2, 0.25) is 0 Å². The van der Waals surface area contributed by atoms with Gasteiger partial charge in [0.15, 0.2) is 0 Å². The van der Waals surface area contributed by atoms with E-state index >= 15 is 0 Å². The molecule has 1 unspecified atom stereocenters. The number of nitrogens with one attached hydrogen (secondary N) is 2. The van der Waals surface area contributed by atoms with Gasteiger partial charge in [-0.2, -0.15) is 0 Å². The molecule has 4 nitrogen and oxygen atoms in total. The van der Waals surface area contributed by atoms with E-state index in [1.54, 1.807) is 6.07 Å². The summed E-state index contributed by atoms with van der Waals surface area (Å²) in [5.41, 5.74) is 1.07. The molecule has 2 aliphatic carbocycles. The number of hydrogen-bond acceptors (Lipinski definition) is 2. The van der Waals surface area contributed by atoms with Gasteiger partial charge in [0, 0.05) is 25.3 Å². The van der Waals surface area contributed by atoms with Crippen molar-refractivity contribution in [3.63, 3.8) is 0 Å². The maximum Gasteiger partial charge on any atom is 0.315 e. The Kier molecular flexibility index (Phi) is 3.76. The molecule has 3 aliphatic rings. The first-order chi connectivity index (χ1) is 11.2. The molecule has 124 valence electrons. The summed E-state index contributed by atoms with van der Waals surface area (Å²) >= 11 is 0. The minimum Gasteiger partial charge on any atom is -0.381 e. The summed E-state index contributed by atoms with van der Waals surface area (Å²) in [7, 11) is 0. The molecular formula is C18H23FN2O2. The van der Waals surface area contributed by atoms with Crippen molar-refractivity contribution in [2.75, 3.05) is 13.2 Å². The zero-order valence-electron chi connectivity index (χ0n) is 13.2. The molecule has 0 aromatic heterocycles. The quantitative estimate of drug-likeness (QED) is 0.900. The average molecular weight is 318 g/mol. The number of hydrogen-bond donors (Lipinski definition) is 2. The second-order valence-corrected chi connectivity index (χ2v) is 7.24. The van der Waals surface area contributed by atoms with Crippen LogP contribution in [0, 0.1) is 11.2 Å². The summed E-state index contributed by atoms with van der Waals surface area (Å²) < 4.78 is 19.1. The van der Waals surface area contributed by atoms with Gasteiger partial charge in [-0.1, -0.05) is 18.2 Å². The van der Waals surface area contributed by atoms with Crippen LogP contribution in [0.2, 0.25) is 0 Å². The van der Waals surface area contributed by atoms with Gasteiger partial charge in [-0.3, -0.25) is 0 Å². The number of ether oxygens (including phenoxy) is 1. The van der Waals surface area contributed by atoms with E-state index in [2.05, 4.69) is 10.6 Å². The highest BCUT2D eigenvalue weighted by Crippen LogP contribution is 2.53. The summed E-state index contributed by atoms with van der Waals surface area (Å²) in [4.78, 5) is 12.1. The van der Waals surface area contributed by atoms with Gasteiger partial charge in [-0.05, 0) is 55.1 Å². The molecule has 2 saturated carbocycles. The van der Waals surface area contributed by atoms with Crippen LogP contribution in [0.4, 0.5) is 9.18 Å². The van der Waals surface area contributed by atoms with Crippen molar-refractivity contribution >= 4 is 6.03 Å². The Morgan fingerprint density at radius 2 is 1.91 bits per heavy atom. The lowest BCUT2D eigenvalue weighted by atomic mass is 9.76. The van der Waals surface area contributed by atoms with Crippen LogP contribution in [0.15, 0.2) is 24.3 Å². The Bertz CT molecular complexity index is 594. The largest absolute Gasteiger partial charge is 0.381 e. The average Bonchev–Trinajstić information content (AvgIpc) is 3.15. The van der Waals surface area contributed by atoms with Crippen LogP contribution in [-0.4, -0.2) is 31.3 Å². The molecular weight excluding hydrogens is 295 g/mol. The SMILES string of the molecule is O=C(NC1CC(c2ccccc2F)C1)NC1CC12CCOCC2. The number of halogens is 1. The molecule has 23 heavy (non-hydrogen) atoms. The number of urea groups is 1. The molecule has 1 heterocycles. The lowest BCUT2D eigenvalue weighted by Crippen LogP contribution is -2.49. The standard InChI is InChI=1S/C18H23FN2O2/c19-15-4-2-1-3-14(15)12-9-13(10-12)20-17(22)21-16-11-18(16)5-7-23-8-6-18/h1-4,12-13,16H,5-11H2,(H2,20,21,22). The molecule has 2 amide bonds. The first-order valence-corrected chi connectivity index (χ1v) is 8.55. The Hall–Kier alpha value is -1.62. The van der Waals surface area contributed by atoms with E-state index in [1.807, 2.05) is 12.1 Å². The molecule has 1 atom stereocenters. The van der Waals surface area contributed by atoms with Crippen LogP contribution in [0.25, 0.3) is 0 Å². The van der Waals surface area contributed by atoms with Crippen LogP contribution in [-0.2, 0) is 4.74 Å². The maximum absolute atomic E-state index is 13.7. The molecule has 2 N–H and O–H groups in total. The van der Waals surface area contributed by atoms with E-state index in [1.165, 1.54) is 6.07 Å². The minimum atomic E-state index is -0.139. The smallest absolute Gasteiger partial charge is 0.315 e. The topological polar surface area (TPSA) is 50.4 Å². The number of carbonyl (C=O) groups excluding carboxylic acids is 1. The van der Waals surface area contributed by atoms with Gasteiger partial charge < -0.3 is 15.4 Å². The van der Waals surface area contributed by atoms with Gasteiger partial charge in [0.1, 0.15) is 5.82 Å². The second kappa shape index (κ2) is 5.78. The first-order valence-electron chi connectivity index (χ1n) is 8.55. The molecule has 5 heteroatoms. The van der Waals surface area contributed by atoms with Gasteiger partial charge in [0.25, 0.3) is 0 Å². The molecule has 4 rings (SSSR count). The van der Waals surface area contributed by atoms with Crippen molar-refractivity contribution in [3.8, 4) is 0 Å². The Morgan fingerprint density at radius 3 is 2.65 bits per heavy atom. The first kappa shape index (κ1) is 14.9. The van der Waals surface area contributed by atoms with Gasteiger partial charge in [0.05, 0.1) is 0 Å². The predicted molar refractivity (Wildman–Crippen MR) is 84.7 cm³/mol. The van der Waals surface area contributed by atoms with Crippen molar-refractivity contribution in [1.29, 1.82) is 0 Å². The van der Waals surface area contributed by atoms with Crippen LogP contribution < -0.4 is 10.6 Å². The normalized spacial score (nSPS) is 31.3. The molecule has 1 aromatic rings. The maximum atomic E-state index is 13.7. The Labute approximate surface area is 135 Å². The van der Waals surface area contributed by atoms with E-state index in [0.29, 0.717) is 11.5 Å². The van der Waals surface area contributed by atoms with Crippen molar-refractivity contribution in [3.05, 3.63) is 35.6 Å². The second-order valence-electron chi connectivity index (χ2n) is 7.24. The number of amides is 2. The highest BCUT2D eigenvalue weighted by atomic mass is 19.1. The summed E-state index contributed by atoms with van der Waals surface area (Å²) in [6.45, 7) is 1.62. The molecule has 1 aliphatic heterocycles. The van der Waals surface area contributed by atoms with Crippen molar-refractivity contribution in [2.45, 2.75) is 50.1 Å². The fourth-order valence-corrected chi connectivity index (χ4v) is 4.06. The van der Waals surface area contributed by atoms with E-state index < -0.39 is 0 Å². The lowest BCUT2D eigenvalue weighted by molar-refractivity contribution is 0.0547. The van der Waals surface area contributed by atoms with E-state index in [-0.39, 0.29) is 23.8 Å². The van der Waals surface area contributed by atoms with Crippen molar-refractivity contribution in [2.24, 2.45) is 5.41 Å². The van der Waals surface area contributed by atoms with Crippen LogP contribution >= 0.6 is 0 Å². The molecule has 1 saturated heterocycles. The Morgan fingerprint density at radius 1 is 1.17 bits per heavy atom. The van der Waals surface area contributed by atoms with Crippen molar-refractivity contribution < 1.29 is 13.9 Å². The van der Waals surface area contributed by atoms with Crippen LogP contribution in [0.1, 0.15) is 43.6 Å². The molecule has 1 aromatic carbocycles. The molecule has 1 spiro atoms. The highest BCUT2D eigenvalue weighted by molar-refractivity contribution is 5.75. The fraction of sp³-hybridized carbons (Fsp3) is 0.611. The lowest BCUT2D eigenvalue weighted by Gasteiger charge is -2.36. The molecule has 0 bridgehead atoms. The zero-order chi connectivity index (χ0) is 15.9. The number of rotatable bonds is 3. The summed E-state index contributed by atoms with van der Waals surface area (Å²) in [6, 6.07) is 7.31. The predicted octanol–water partition coefficient (Wildman–Crippen LogP) is 2.94. The van der Waals surface area contributed by atoms with Gasteiger partial charge in [-0.15, -0.1) is 0 Å². The fourth-order valence-electron chi connectivity index (χ4n) is 4.06. The third-order valence-corrected chi connectivity index (χ3v) is 5.80. The third-order valence-electron chi connectivity index (χ3n) is 5.80. The van der Waals surface area contributed by atoms with Gasteiger partial charge in [-0.25, -0.2) is 9.18 Å². The molecule has 0 radical (unpaired) electrons. The minimum absolute atomic E-state index is 0.0737. The summed E-state index contributed by atoms with van der Waals surface area (Å²) in [5, 5.41) is 6.12. The van der Waals surface area contributed by atoms with E-state index in [4.69, 9.17) is 4.74 Å².